The lowest BCUT2D eigenvalue weighted by atomic mass is 9.87. The Morgan fingerprint density at radius 1 is 1.23 bits per heavy atom. The Hall–Kier alpha value is -3.59. The van der Waals surface area contributed by atoms with Crippen LogP contribution < -0.4 is 10.1 Å². The molecule has 30 heavy (non-hydrogen) atoms. The Morgan fingerprint density at radius 2 is 2.07 bits per heavy atom. The van der Waals surface area contributed by atoms with Crippen molar-refractivity contribution in [3.63, 3.8) is 0 Å². The van der Waals surface area contributed by atoms with Crippen molar-refractivity contribution in [1.29, 1.82) is 0 Å². The second kappa shape index (κ2) is 7.34. The van der Waals surface area contributed by atoms with Crippen molar-refractivity contribution in [2.24, 2.45) is 0 Å². The van der Waals surface area contributed by atoms with Gasteiger partial charge in [-0.2, -0.15) is 26.2 Å². The second-order valence-electron chi connectivity index (χ2n) is 6.99. The number of rotatable bonds is 4. The first-order chi connectivity index (χ1) is 14.6. The van der Waals surface area contributed by atoms with E-state index in [9.17, 15) is 4.79 Å². The van der Waals surface area contributed by atoms with Crippen LogP contribution in [0.15, 0.2) is 47.3 Å². The lowest BCUT2D eigenvalue weighted by Gasteiger charge is -2.23. The number of amides is 1. The van der Waals surface area contributed by atoms with Crippen molar-refractivity contribution >= 4 is 23.1 Å². The molecule has 0 spiro atoms. The third-order valence-corrected chi connectivity index (χ3v) is 5.87. The minimum Gasteiger partial charge on any atom is -0.497 e. The van der Waals surface area contributed by atoms with Gasteiger partial charge in [0.15, 0.2) is 0 Å². The summed E-state index contributed by atoms with van der Waals surface area (Å²) in [6.45, 7) is 1.94. The Balaban J connectivity index is 1.59. The summed E-state index contributed by atoms with van der Waals surface area (Å²) >= 11 is 1.62. The smallest absolute Gasteiger partial charge is 0.272 e. The summed E-state index contributed by atoms with van der Waals surface area (Å²) in [4.78, 5) is 17.1. The molecule has 0 radical (unpaired) electrons. The number of benzene rings is 1. The third kappa shape index (κ3) is 3.13. The SMILES string of the molecule is COc1ccc(-c2cnnc(-n3nc(C)c4c3NC(=O)C[C@H]4c3ccsc3)n2)cc1. The highest BCUT2D eigenvalue weighted by Gasteiger charge is 2.33. The first-order valence-electron chi connectivity index (χ1n) is 9.40. The van der Waals surface area contributed by atoms with E-state index >= 15 is 0 Å². The van der Waals surface area contributed by atoms with E-state index in [1.807, 2.05) is 36.6 Å². The zero-order valence-corrected chi connectivity index (χ0v) is 17.2. The average Bonchev–Trinajstić information content (AvgIpc) is 3.42. The van der Waals surface area contributed by atoms with Crippen LogP contribution in [0.3, 0.4) is 0 Å². The highest BCUT2D eigenvalue weighted by Crippen LogP contribution is 2.40. The summed E-state index contributed by atoms with van der Waals surface area (Å²) in [6.07, 6.45) is 1.99. The van der Waals surface area contributed by atoms with Crippen molar-refractivity contribution in [2.75, 3.05) is 12.4 Å². The fourth-order valence-electron chi connectivity index (χ4n) is 3.73. The molecule has 1 N–H and O–H groups in total. The molecule has 3 aromatic heterocycles. The molecule has 1 amide bonds. The van der Waals surface area contributed by atoms with Crippen LogP contribution in [0.2, 0.25) is 0 Å². The van der Waals surface area contributed by atoms with Crippen molar-refractivity contribution in [3.05, 3.63) is 64.1 Å². The van der Waals surface area contributed by atoms with Crippen LogP contribution in [0.4, 0.5) is 5.82 Å². The molecule has 0 fully saturated rings. The van der Waals surface area contributed by atoms with Crippen LogP contribution in [-0.2, 0) is 4.79 Å². The molecule has 1 aliphatic rings. The van der Waals surface area contributed by atoms with Gasteiger partial charge in [0.2, 0.25) is 5.91 Å². The topological polar surface area (TPSA) is 94.8 Å². The maximum atomic E-state index is 12.5. The van der Waals surface area contributed by atoms with Gasteiger partial charge in [-0.1, -0.05) is 0 Å². The molecule has 5 rings (SSSR count). The predicted molar refractivity (Wildman–Crippen MR) is 113 cm³/mol. The quantitative estimate of drug-likeness (QED) is 0.544. The zero-order valence-electron chi connectivity index (χ0n) is 16.4. The first kappa shape index (κ1) is 18.4. The van der Waals surface area contributed by atoms with E-state index in [4.69, 9.17) is 4.74 Å². The molecule has 4 heterocycles. The summed E-state index contributed by atoms with van der Waals surface area (Å²) in [7, 11) is 1.63. The van der Waals surface area contributed by atoms with E-state index in [2.05, 4.69) is 37.0 Å². The molecular formula is C21H18N6O2S. The van der Waals surface area contributed by atoms with Gasteiger partial charge in [0.1, 0.15) is 11.6 Å². The largest absolute Gasteiger partial charge is 0.497 e. The number of carbonyl (C=O) groups excluding carboxylic acids is 1. The van der Waals surface area contributed by atoms with E-state index in [0.717, 1.165) is 28.1 Å². The number of aryl methyl sites for hydroxylation is 1. The second-order valence-corrected chi connectivity index (χ2v) is 7.77. The van der Waals surface area contributed by atoms with Gasteiger partial charge in [-0.05, 0) is 53.6 Å². The van der Waals surface area contributed by atoms with E-state index < -0.39 is 0 Å². The number of fused-ring (bicyclic) bond motifs is 1. The molecule has 1 aromatic carbocycles. The molecule has 0 bridgehead atoms. The van der Waals surface area contributed by atoms with E-state index in [0.29, 0.717) is 23.9 Å². The first-order valence-corrected chi connectivity index (χ1v) is 10.3. The molecule has 0 saturated heterocycles. The van der Waals surface area contributed by atoms with E-state index in [1.54, 1.807) is 29.3 Å². The van der Waals surface area contributed by atoms with Gasteiger partial charge in [-0.3, -0.25) is 4.79 Å². The predicted octanol–water partition coefficient (Wildman–Crippen LogP) is 3.58. The number of nitrogens with one attached hydrogen (secondary N) is 1. The van der Waals surface area contributed by atoms with Gasteiger partial charge in [-0.15, -0.1) is 5.10 Å². The maximum Gasteiger partial charge on any atom is 0.272 e. The number of carbonyl (C=O) groups is 1. The van der Waals surface area contributed by atoms with Crippen molar-refractivity contribution in [1.82, 2.24) is 25.0 Å². The van der Waals surface area contributed by atoms with Gasteiger partial charge in [-0.25, -0.2) is 4.98 Å². The Morgan fingerprint density at radius 3 is 2.80 bits per heavy atom. The molecule has 9 heteroatoms. The maximum absolute atomic E-state index is 12.5. The molecular weight excluding hydrogens is 400 g/mol. The van der Waals surface area contributed by atoms with Crippen LogP contribution in [0, 0.1) is 6.92 Å². The minimum absolute atomic E-state index is 0.0357. The zero-order chi connectivity index (χ0) is 20.7. The summed E-state index contributed by atoms with van der Waals surface area (Å²) < 4.78 is 6.78. The molecule has 1 aliphatic heterocycles. The lowest BCUT2D eigenvalue weighted by molar-refractivity contribution is -0.116. The van der Waals surface area contributed by atoms with Crippen LogP contribution in [-0.4, -0.2) is 38.0 Å². The summed E-state index contributed by atoms with van der Waals surface area (Å²) in [5.74, 6) is 1.58. The van der Waals surface area contributed by atoms with Crippen LogP contribution in [0.1, 0.15) is 29.2 Å². The highest BCUT2D eigenvalue weighted by molar-refractivity contribution is 7.08. The van der Waals surface area contributed by atoms with Crippen LogP contribution in [0.25, 0.3) is 17.2 Å². The number of nitrogens with zero attached hydrogens (tertiary/aromatic N) is 5. The molecule has 0 aliphatic carbocycles. The number of hydrogen-bond acceptors (Lipinski definition) is 7. The number of thiophene rings is 1. The van der Waals surface area contributed by atoms with Crippen molar-refractivity contribution < 1.29 is 9.53 Å². The molecule has 150 valence electrons. The van der Waals surface area contributed by atoms with Gasteiger partial charge < -0.3 is 10.1 Å². The standard InChI is InChI=1S/C21H18N6O2S/c1-12-19-16(14-7-8-30-11-14)9-18(28)24-20(19)27(26-12)21-23-17(10-22-25-21)13-3-5-15(29-2)6-4-13/h3-8,10-11,16H,9H2,1-2H3,(H,24,28)/t16-/m0/s1. The molecule has 8 nitrogen and oxygen atoms in total. The number of anilines is 1. The minimum atomic E-state index is -0.0564. The molecule has 0 unspecified atom stereocenters. The van der Waals surface area contributed by atoms with Crippen LogP contribution in [0.5, 0.6) is 5.75 Å². The Labute approximate surface area is 176 Å². The number of aromatic nitrogens is 5. The highest BCUT2D eigenvalue weighted by atomic mass is 32.1. The summed E-state index contributed by atoms with van der Waals surface area (Å²) in [5.41, 5.74) is 4.47. The van der Waals surface area contributed by atoms with Crippen molar-refractivity contribution in [3.8, 4) is 23.0 Å². The summed E-state index contributed by atoms with van der Waals surface area (Å²) in [6, 6.07) is 9.60. The van der Waals surface area contributed by atoms with Crippen molar-refractivity contribution in [2.45, 2.75) is 19.3 Å². The normalized spacial score (nSPS) is 15.5. The average molecular weight is 418 g/mol. The molecule has 4 aromatic rings. The molecule has 1 atom stereocenters. The Bertz CT molecular complexity index is 1220. The van der Waals surface area contributed by atoms with Gasteiger partial charge in [0, 0.05) is 23.5 Å². The van der Waals surface area contributed by atoms with E-state index in [1.165, 1.54) is 0 Å². The number of methoxy groups -OCH3 is 1. The number of hydrogen-bond donors (Lipinski definition) is 1. The fraction of sp³-hybridized carbons (Fsp3) is 0.190. The molecule has 0 saturated carbocycles. The third-order valence-electron chi connectivity index (χ3n) is 5.17. The monoisotopic (exact) mass is 418 g/mol. The lowest BCUT2D eigenvalue weighted by Crippen LogP contribution is -2.25. The summed E-state index contributed by atoms with van der Waals surface area (Å²) in [5, 5.41) is 20.0. The fourth-order valence-corrected chi connectivity index (χ4v) is 4.45. The number of ether oxygens (including phenoxy) is 1. The van der Waals surface area contributed by atoms with Crippen LogP contribution >= 0.6 is 11.3 Å². The Kier molecular flexibility index (Phi) is 4.51. The van der Waals surface area contributed by atoms with Gasteiger partial charge in [0.05, 0.1) is 24.7 Å². The van der Waals surface area contributed by atoms with E-state index in [-0.39, 0.29) is 11.8 Å². The van der Waals surface area contributed by atoms with Gasteiger partial charge >= 0.3 is 0 Å². The van der Waals surface area contributed by atoms with Gasteiger partial charge in [0.25, 0.3) is 5.95 Å².